The van der Waals surface area contributed by atoms with Gasteiger partial charge in [-0.1, -0.05) is 24.3 Å². The van der Waals surface area contributed by atoms with Crippen LogP contribution in [0.1, 0.15) is 12.8 Å². The Morgan fingerprint density at radius 2 is 1.56 bits per heavy atom. The molecule has 1 saturated heterocycles. The monoisotopic (exact) mass is 243 g/mol. The van der Waals surface area contributed by atoms with Gasteiger partial charge in [-0.3, -0.25) is 9.59 Å². The Balaban J connectivity index is 2.02. The van der Waals surface area contributed by atoms with E-state index < -0.39 is 0 Å². The largest absolute Gasteiger partial charge is 0.506 e. The van der Waals surface area contributed by atoms with Gasteiger partial charge in [-0.2, -0.15) is 0 Å². The molecule has 0 bridgehead atoms. The van der Waals surface area contributed by atoms with Crippen LogP contribution in [-0.2, 0) is 9.59 Å². The van der Waals surface area contributed by atoms with Gasteiger partial charge in [0, 0.05) is 0 Å². The number of allylic oxidation sites excluding steroid dienone is 2. The van der Waals surface area contributed by atoms with E-state index in [1.54, 1.807) is 18.2 Å². The zero-order valence-corrected chi connectivity index (χ0v) is 9.74. The van der Waals surface area contributed by atoms with E-state index >= 15 is 0 Å². The SMILES string of the molecule is O=C1[C@H]2CC=CC[C@@H]2C(=O)N1c1ccccc1O. The molecular formula is C14H13NO3. The lowest BCUT2D eigenvalue weighted by atomic mass is 9.85. The van der Waals surface area contributed by atoms with Gasteiger partial charge in [0.1, 0.15) is 5.75 Å². The molecule has 0 radical (unpaired) electrons. The Morgan fingerprint density at radius 3 is 2.11 bits per heavy atom. The van der Waals surface area contributed by atoms with Crippen molar-refractivity contribution in [2.45, 2.75) is 12.8 Å². The van der Waals surface area contributed by atoms with E-state index in [2.05, 4.69) is 0 Å². The molecule has 18 heavy (non-hydrogen) atoms. The Hall–Kier alpha value is -2.10. The van der Waals surface area contributed by atoms with Gasteiger partial charge in [-0.25, -0.2) is 4.90 Å². The van der Waals surface area contributed by atoms with Crippen molar-refractivity contribution in [2.24, 2.45) is 11.8 Å². The summed E-state index contributed by atoms with van der Waals surface area (Å²) in [6, 6.07) is 6.44. The molecule has 0 aromatic heterocycles. The molecule has 2 atom stereocenters. The molecule has 0 saturated carbocycles. The highest BCUT2D eigenvalue weighted by molar-refractivity contribution is 6.22. The number of anilines is 1. The van der Waals surface area contributed by atoms with Gasteiger partial charge in [0.15, 0.2) is 0 Å². The van der Waals surface area contributed by atoms with E-state index in [9.17, 15) is 14.7 Å². The quantitative estimate of drug-likeness (QED) is 0.605. The van der Waals surface area contributed by atoms with Gasteiger partial charge in [-0.05, 0) is 25.0 Å². The second-order valence-corrected chi connectivity index (χ2v) is 4.66. The number of carbonyl (C=O) groups excluding carboxylic acids is 2. The van der Waals surface area contributed by atoms with Gasteiger partial charge in [0.25, 0.3) is 0 Å². The normalized spacial score (nSPS) is 26.6. The maximum absolute atomic E-state index is 12.3. The van der Waals surface area contributed by atoms with Gasteiger partial charge in [0.05, 0.1) is 17.5 Å². The minimum Gasteiger partial charge on any atom is -0.506 e. The summed E-state index contributed by atoms with van der Waals surface area (Å²) in [5.41, 5.74) is 0.293. The molecule has 92 valence electrons. The molecule has 4 nitrogen and oxygen atoms in total. The number of imide groups is 1. The summed E-state index contributed by atoms with van der Waals surface area (Å²) in [5.74, 6) is -0.957. The molecule has 1 aliphatic heterocycles. The third-order valence-electron chi connectivity index (χ3n) is 3.63. The maximum Gasteiger partial charge on any atom is 0.238 e. The maximum atomic E-state index is 12.3. The third kappa shape index (κ3) is 1.45. The van der Waals surface area contributed by atoms with Crippen molar-refractivity contribution in [2.75, 3.05) is 4.90 Å². The van der Waals surface area contributed by atoms with Crippen LogP contribution in [0.25, 0.3) is 0 Å². The number of benzene rings is 1. The molecule has 1 aliphatic carbocycles. The number of amides is 2. The number of rotatable bonds is 1. The molecule has 1 aromatic carbocycles. The van der Waals surface area contributed by atoms with Crippen LogP contribution in [0.2, 0.25) is 0 Å². The summed E-state index contributed by atoms with van der Waals surface area (Å²) >= 11 is 0. The highest BCUT2D eigenvalue weighted by atomic mass is 16.3. The van der Waals surface area contributed by atoms with Gasteiger partial charge in [0.2, 0.25) is 11.8 Å². The molecule has 3 rings (SSSR count). The second kappa shape index (κ2) is 3.98. The molecule has 1 heterocycles. The third-order valence-corrected chi connectivity index (χ3v) is 3.63. The summed E-state index contributed by atoms with van der Waals surface area (Å²) < 4.78 is 0. The number of nitrogens with zero attached hydrogens (tertiary/aromatic N) is 1. The minimum absolute atomic E-state index is 0.0363. The van der Waals surface area contributed by atoms with Crippen LogP contribution in [0.3, 0.4) is 0 Å². The van der Waals surface area contributed by atoms with Gasteiger partial charge >= 0.3 is 0 Å². The van der Waals surface area contributed by atoms with Crippen molar-refractivity contribution in [1.82, 2.24) is 0 Å². The molecular weight excluding hydrogens is 230 g/mol. The molecule has 2 amide bonds. The van der Waals surface area contributed by atoms with E-state index in [1.807, 2.05) is 12.2 Å². The van der Waals surface area contributed by atoms with Crippen molar-refractivity contribution < 1.29 is 14.7 Å². The zero-order chi connectivity index (χ0) is 12.7. The summed E-state index contributed by atoms with van der Waals surface area (Å²) in [4.78, 5) is 25.7. The molecule has 0 spiro atoms. The molecule has 2 aliphatic rings. The summed E-state index contributed by atoms with van der Waals surface area (Å²) in [7, 11) is 0. The number of phenols is 1. The number of hydrogen-bond donors (Lipinski definition) is 1. The van der Waals surface area contributed by atoms with E-state index in [-0.39, 0.29) is 29.4 Å². The first-order valence-corrected chi connectivity index (χ1v) is 6.01. The van der Waals surface area contributed by atoms with Gasteiger partial charge in [-0.15, -0.1) is 0 Å². The smallest absolute Gasteiger partial charge is 0.238 e. The van der Waals surface area contributed by atoms with E-state index in [4.69, 9.17) is 0 Å². The zero-order valence-electron chi connectivity index (χ0n) is 9.74. The lowest BCUT2D eigenvalue weighted by molar-refractivity contribution is -0.122. The number of hydrogen-bond acceptors (Lipinski definition) is 3. The predicted octanol–water partition coefficient (Wildman–Crippen LogP) is 1.85. The fraction of sp³-hybridized carbons (Fsp3) is 0.286. The van der Waals surface area contributed by atoms with E-state index in [0.717, 1.165) is 4.90 Å². The molecule has 4 heteroatoms. The first-order valence-electron chi connectivity index (χ1n) is 6.01. The molecule has 1 N–H and O–H groups in total. The van der Waals surface area contributed by atoms with Crippen LogP contribution in [-0.4, -0.2) is 16.9 Å². The van der Waals surface area contributed by atoms with Crippen LogP contribution >= 0.6 is 0 Å². The lowest BCUT2D eigenvalue weighted by Gasteiger charge is -2.15. The average Bonchev–Trinajstić information content (AvgIpc) is 2.64. The van der Waals surface area contributed by atoms with E-state index in [0.29, 0.717) is 18.5 Å². The van der Waals surface area contributed by atoms with Crippen molar-refractivity contribution in [3.05, 3.63) is 36.4 Å². The molecule has 0 unspecified atom stereocenters. The Kier molecular flexibility index (Phi) is 2.44. The number of aromatic hydroxyl groups is 1. The minimum atomic E-state index is -0.262. The van der Waals surface area contributed by atoms with Crippen LogP contribution in [0.4, 0.5) is 5.69 Å². The van der Waals surface area contributed by atoms with Crippen LogP contribution < -0.4 is 4.90 Å². The first-order chi connectivity index (χ1) is 8.70. The van der Waals surface area contributed by atoms with Gasteiger partial charge < -0.3 is 5.11 Å². The average molecular weight is 243 g/mol. The van der Waals surface area contributed by atoms with E-state index in [1.165, 1.54) is 6.07 Å². The highest BCUT2D eigenvalue weighted by Crippen LogP contribution is 2.40. The van der Waals surface area contributed by atoms with Crippen LogP contribution in [0, 0.1) is 11.8 Å². The fourth-order valence-corrected chi connectivity index (χ4v) is 2.69. The summed E-state index contributed by atoms with van der Waals surface area (Å²) in [6.07, 6.45) is 5.11. The summed E-state index contributed by atoms with van der Waals surface area (Å²) in [6.45, 7) is 0. The number of carbonyl (C=O) groups is 2. The number of fused-ring (bicyclic) bond motifs is 1. The lowest BCUT2D eigenvalue weighted by Crippen LogP contribution is -2.30. The fourth-order valence-electron chi connectivity index (χ4n) is 2.69. The Morgan fingerprint density at radius 1 is 1.00 bits per heavy atom. The predicted molar refractivity (Wildman–Crippen MR) is 66.0 cm³/mol. The topological polar surface area (TPSA) is 57.6 Å². The molecule has 1 fully saturated rings. The second-order valence-electron chi connectivity index (χ2n) is 4.66. The Bertz CT molecular complexity index is 524. The first kappa shape index (κ1) is 11.0. The molecule has 1 aromatic rings. The van der Waals surface area contributed by atoms with Crippen LogP contribution in [0.5, 0.6) is 5.75 Å². The number of phenolic OH excluding ortho intramolecular Hbond substituents is 1. The van der Waals surface area contributed by atoms with Crippen molar-refractivity contribution in [3.63, 3.8) is 0 Å². The number of para-hydroxylation sites is 2. The standard InChI is InChI=1S/C14H13NO3/c16-12-8-4-3-7-11(12)15-13(17)9-5-1-2-6-10(9)14(15)18/h1-4,7-10,16H,5-6H2/t9-,10-/m0/s1. The van der Waals surface area contributed by atoms with Crippen LogP contribution in [0.15, 0.2) is 36.4 Å². The Labute approximate surface area is 105 Å². The van der Waals surface area contributed by atoms with Crippen molar-refractivity contribution >= 4 is 17.5 Å². The summed E-state index contributed by atoms with van der Waals surface area (Å²) in [5, 5.41) is 9.78. The van der Waals surface area contributed by atoms with Crippen molar-refractivity contribution in [1.29, 1.82) is 0 Å². The van der Waals surface area contributed by atoms with Crippen molar-refractivity contribution in [3.8, 4) is 5.75 Å². The highest BCUT2D eigenvalue weighted by Gasteiger charge is 2.48.